The van der Waals surface area contributed by atoms with Crippen molar-refractivity contribution in [2.45, 2.75) is 12.6 Å². The summed E-state index contributed by atoms with van der Waals surface area (Å²) in [5.74, 6) is 0.289. The molecule has 0 amide bonds. The second kappa shape index (κ2) is 5.70. The summed E-state index contributed by atoms with van der Waals surface area (Å²) in [5, 5.41) is 0. The maximum Gasteiger partial charge on any atom is 0.392 e. The van der Waals surface area contributed by atoms with Crippen LogP contribution in [0, 0.1) is 0 Å². The molecule has 0 saturated heterocycles. The second-order valence-corrected chi connectivity index (χ2v) is 2.75. The van der Waals surface area contributed by atoms with Gasteiger partial charge in [0.1, 0.15) is 5.75 Å². The average Bonchev–Trinajstić information content (AvgIpc) is 2.06. The van der Waals surface area contributed by atoms with E-state index in [-0.39, 0.29) is 18.2 Å². The molecular formula is C9H11ClF3NO. The van der Waals surface area contributed by atoms with Crippen LogP contribution in [0.3, 0.4) is 0 Å². The summed E-state index contributed by atoms with van der Waals surface area (Å²) in [6.45, 7) is -0.405. The van der Waals surface area contributed by atoms with Gasteiger partial charge in [-0.15, -0.1) is 12.4 Å². The normalized spacial score (nSPS) is 10.6. The Hall–Kier alpha value is -1.10. The lowest BCUT2D eigenvalue weighted by atomic mass is 10.3. The molecule has 0 bridgehead atoms. The minimum atomic E-state index is -4.19. The summed E-state index contributed by atoms with van der Waals surface area (Å²) in [6, 6.07) is 6.44. The van der Waals surface area contributed by atoms with E-state index in [1.807, 2.05) is 0 Å². The molecule has 15 heavy (non-hydrogen) atoms. The third-order valence-electron chi connectivity index (χ3n) is 1.56. The Labute approximate surface area is 91.6 Å². The first kappa shape index (κ1) is 13.9. The van der Waals surface area contributed by atoms with Crippen LogP contribution in [0.1, 0.15) is 6.42 Å². The Balaban J connectivity index is 0.00000196. The number of anilines is 1. The fraction of sp³-hybridized carbons (Fsp3) is 0.333. The van der Waals surface area contributed by atoms with Gasteiger partial charge in [-0.25, -0.2) is 0 Å². The number of rotatable bonds is 3. The molecule has 0 saturated carbocycles. The molecule has 0 aliphatic heterocycles. The molecule has 1 aromatic carbocycles. The van der Waals surface area contributed by atoms with Crippen molar-refractivity contribution >= 4 is 18.1 Å². The maximum atomic E-state index is 11.7. The van der Waals surface area contributed by atoms with Crippen LogP contribution in [0.5, 0.6) is 5.75 Å². The number of halogens is 4. The highest BCUT2D eigenvalue weighted by molar-refractivity contribution is 5.85. The van der Waals surface area contributed by atoms with Crippen LogP contribution in [0.15, 0.2) is 24.3 Å². The van der Waals surface area contributed by atoms with Gasteiger partial charge in [0.05, 0.1) is 18.7 Å². The number of hydrogen-bond acceptors (Lipinski definition) is 2. The van der Waals surface area contributed by atoms with Crippen molar-refractivity contribution in [1.82, 2.24) is 0 Å². The zero-order chi connectivity index (χ0) is 10.6. The standard InChI is InChI=1S/C9H10F3NO.ClH/c10-9(11,12)5-6-14-8-4-2-1-3-7(8)13;/h1-4H,5-6,13H2;1H. The van der Waals surface area contributed by atoms with E-state index in [1.165, 1.54) is 6.07 Å². The van der Waals surface area contributed by atoms with E-state index in [9.17, 15) is 13.2 Å². The number of nitrogen functional groups attached to an aromatic ring is 1. The molecule has 2 nitrogen and oxygen atoms in total. The first-order chi connectivity index (χ1) is 6.49. The van der Waals surface area contributed by atoms with Crippen molar-refractivity contribution in [2.24, 2.45) is 0 Å². The minimum absolute atomic E-state index is 0. The smallest absolute Gasteiger partial charge is 0.392 e. The van der Waals surface area contributed by atoms with Crippen LogP contribution in [-0.2, 0) is 0 Å². The van der Waals surface area contributed by atoms with E-state index in [2.05, 4.69) is 0 Å². The van der Waals surface area contributed by atoms with Crippen LogP contribution in [0.25, 0.3) is 0 Å². The summed E-state index contributed by atoms with van der Waals surface area (Å²) >= 11 is 0. The van der Waals surface area contributed by atoms with Gasteiger partial charge in [0.2, 0.25) is 0 Å². The highest BCUT2D eigenvalue weighted by Crippen LogP contribution is 2.23. The lowest BCUT2D eigenvalue weighted by Crippen LogP contribution is -2.13. The zero-order valence-electron chi connectivity index (χ0n) is 7.75. The highest BCUT2D eigenvalue weighted by atomic mass is 35.5. The van der Waals surface area contributed by atoms with Gasteiger partial charge in [0, 0.05) is 0 Å². The molecule has 6 heteroatoms. The first-order valence-electron chi connectivity index (χ1n) is 4.03. The lowest BCUT2D eigenvalue weighted by molar-refractivity contribution is -0.139. The van der Waals surface area contributed by atoms with Crippen LogP contribution in [-0.4, -0.2) is 12.8 Å². The molecule has 0 atom stereocenters. The molecule has 0 heterocycles. The van der Waals surface area contributed by atoms with Crippen molar-refractivity contribution in [2.75, 3.05) is 12.3 Å². The van der Waals surface area contributed by atoms with Crippen molar-refractivity contribution in [3.05, 3.63) is 24.3 Å². The van der Waals surface area contributed by atoms with E-state index in [4.69, 9.17) is 10.5 Å². The van der Waals surface area contributed by atoms with Gasteiger partial charge >= 0.3 is 6.18 Å². The number of benzene rings is 1. The Morgan fingerprint density at radius 3 is 2.33 bits per heavy atom. The predicted molar refractivity (Wildman–Crippen MR) is 54.3 cm³/mol. The molecule has 0 aliphatic carbocycles. The molecule has 1 aromatic rings. The van der Waals surface area contributed by atoms with Crippen LogP contribution in [0.2, 0.25) is 0 Å². The topological polar surface area (TPSA) is 35.2 Å². The van der Waals surface area contributed by atoms with Crippen LogP contribution in [0.4, 0.5) is 18.9 Å². The molecule has 2 N–H and O–H groups in total. The summed E-state index contributed by atoms with van der Waals surface area (Å²) in [5.41, 5.74) is 5.81. The summed E-state index contributed by atoms with van der Waals surface area (Å²) in [7, 11) is 0. The van der Waals surface area contributed by atoms with Crippen molar-refractivity contribution in [3.63, 3.8) is 0 Å². The summed E-state index contributed by atoms with van der Waals surface area (Å²) < 4.78 is 40.1. The first-order valence-corrected chi connectivity index (χ1v) is 4.03. The molecule has 0 radical (unpaired) electrons. The van der Waals surface area contributed by atoms with Gasteiger partial charge in [-0.05, 0) is 12.1 Å². The van der Waals surface area contributed by atoms with Crippen molar-refractivity contribution < 1.29 is 17.9 Å². The van der Waals surface area contributed by atoms with E-state index < -0.39 is 19.2 Å². The maximum absolute atomic E-state index is 11.7. The fourth-order valence-electron chi connectivity index (χ4n) is 0.889. The third-order valence-corrected chi connectivity index (χ3v) is 1.56. The quantitative estimate of drug-likeness (QED) is 0.826. The van der Waals surface area contributed by atoms with Gasteiger partial charge in [-0.2, -0.15) is 13.2 Å². The monoisotopic (exact) mass is 241 g/mol. The lowest BCUT2D eigenvalue weighted by Gasteiger charge is -2.09. The van der Waals surface area contributed by atoms with Gasteiger partial charge in [-0.1, -0.05) is 12.1 Å². The zero-order valence-corrected chi connectivity index (χ0v) is 8.57. The Morgan fingerprint density at radius 1 is 1.20 bits per heavy atom. The van der Waals surface area contributed by atoms with Crippen molar-refractivity contribution in [1.29, 1.82) is 0 Å². The molecule has 0 aliphatic rings. The van der Waals surface area contributed by atoms with Gasteiger partial charge in [0.15, 0.2) is 0 Å². The van der Waals surface area contributed by atoms with Gasteiger partial charge < -0.3 is 10.5 Å². The number of nitrogens with two attached hydrogens (primary N) is 1. The molecular weight excluding hydrogens is 231 g/mol. The van der Waals surface area contributed by atoms with E-state index in [1.54, 1.807) is 18.2 Å². The molecule has 0 aromatic heterocycles. The molecule has 0 unspecified atom stereocenters. The predicted octanol–water partition coefficient (Wildman–Crippen LogP) is 3.02. The van der Waals surface area contributed by atoms with Crippen molar-refractivity contribution in [3.8, 4) is 5.75 Å². The Morgan fingerprint density at radius 2 is 1.80 bits per heavy atom. The SMILES string of the molecule is Cl.Nc1ccccc1OCCC(F)(F)F. The van der Waals surface area contributed by atoms with E-state index in [0.29, 0.717) is 5.69 Å². The van der Waals surface area contributed by atoms with Crippen LogP contribution < -0.4 is 10.5 Å². The molecule has 1 rings (SSSR count). The number of ether oxygens (including phenoxy) is 1. The third kappa shape index (κ3) is 5.37. The summed E-state index contributed by atoms with van der Waals surface area (Å²) in [4.78, 5) is 0. The highest BCUT2D eigenvalue weighted by Gasteiger charge is 2.26. The number of alkyl halides is 3. The van der Waals surface area contributed by atoms with Crippen LogP contribution >= 0.6 is 12.4 Å². The van der Waals surface area contributed by atoms with E-state index in [0.717, 1.165) is 0 Å². The Bertz CT molecular complexity index is 304. The second-order valence-electron chi connectivity index (χ2n) is 2.75. The minimum Gasteiger partial charge on any atom is -0.491 e. The Kier molecular flexibility index (Phi) is 5.28. The van der Waals surface area contributed by atoms with E-state index >= 15 is 0 Å². The summed E-state index contributed by atoms with van der Waals surface area (Å²) in [6.07, 6.45) is -5.16. The average molecular weight is 242 g/mol. The number of para-hydroxylation sites is 2. The van der Waals surface area contributed by atoms with Gasteiger partial charge in [0.25, 0.3) is 0 Å². The fourth-order valence-corrected chi connectivity index (χ4v) is 0.889. The largest absolute Gasteiger partial charge is 0.491 e. The van der Waals surface area contributed by atoms with Gasteiger partial charge in [-0.3, -0.25) is 0 Å². The molecule has 0 spiro atoms. The number of hydrogen-bond donors (Lipinski definition) is 1. The molecule has 86 valence electrons. The molecule has 0 fully saturated rings.